The third kappa shape index (κ3) is 2.08. The van der Waals surface area contributed by atoms with Crippen LogP contribution in [0.1, 0.15) is 26.3 Å². The summed E-state index contributed by atoms with van der Waals surface area (Å²) in [7, 11) is 0. The summed E-state index contributed by atoms with van der Waals surface area (Å²) >= 11 is 0. The third-order valence-electron chi connectivity index (χ3n) is 1.72. The van der Waals surface area contributed by atoms with Gasteiger partial charge in [0.1, 0.15) is 0 Å². The number of rotatable bonds is 3. The Morgan fingerprint density at radius 2 is 1.50 bits per heavy atom. The normalized spacial score (nSPS) is 9.79. The van der Waals surface area contributed by atoms with Crippen LogP contribution in [0, 0.1) is 0 Å². The van der Waals surface area contributed by atoms with E-state index in [1.54, 1.807) is 0 Å². The summed E-state index contributed by atoms with van der Waals surface area (Å²) in [6.07, 6.45) is 0. The lowest BCUT2D eigenvalue weighted by Gasteiger charge is -2.02. The largest absolute Gasteiger partial charge is 0.478 e. The molecule has 4 N–H and O–H groups in total. The summed E-state index contributed by atoms with van der Waals surface area (Å²) in [5, 5.41) is 17.4. The van der Waals surface area contributed by atoms with Crippen LogP contribution in [-0.4, -0.2) is 22.2 Å². The molecule has 0 spiro atoms. The van der Waals surface area contributed by atoms with E-state index in [1.165, 1.54) is 12.1 Å². The van der Waals surface area contributed by atoms with Gasteiger partial charge in [-0.3, -0.25) is 0 Å². The van der Waals surface area contributed by atoms with Gasteiger partial charge in [0.2, 0.25) is 0 Å². The van der Waals surface area contributed by atoms with Gasteiger partial charge in [0, 0.05) is 6.54 Å². The highest BCUT2D eigenvalue weighted by Gasteiger charge is 2.10. The molecule has 5 heteroatoms. The first kappa shape index (κ1) is 10.2. The lowest BCUT2D eigenvalue weighted by atomic mass is 10.1. The molecule has 1 aromatic carbocycles. The van der Waals surface area contributed by atoms with Crippen molar-refractivity contribution >= 4 is 11.9 Å². The fourth-order valence-electron chi connectivity index (χ4n) is 1.06. The number of carboxylic acid groups (broad SMARTS) is 2. The molecule has 0 bridgehead atoms. The lowest BCUT2D eigenvalue weighted by molar-refractivity contribution is 0.0696. The van der Waals surface area contributed by atoms with E-state index < -0.39 is 11.9 Å². The van der Waals surface area contributed by atoms with Gasteiger partial charge in [-0.05, 0) is 23.8 Å². The average molecular weight is 195 g/mol. The third-order valence-corrected chi connectivity index (χ3v) is 1.72. The van der Waals surface area contributed by atoms with Crippen LogP contribution in [0.15, 0.2) is 18.2 Å². The Balaban J connectivity index is 3.27. The van der Waals surface area contributed by atoms with Crippen LogP contribution < -0.4 is 5.73 Å². The van der Waals surface area contributed by atoms with Gasteiger partial charge in [0.15, 0.2) is 0 Å². The van der Waals surface area contributed by atoms with Crippen molar-refractivity contribution in [2.24, 2.45) is 5.73 Å². The second kappa shape index (κ2) is 3.89. The quantitative estimate of drug-likeness (QED) is 0.653. The molecule has 0 amide bonds. The number of hydrogen-bond donors (Lipinski definition) is 3. The van der Waals surface area contributed by atoms with E-state index in [2.05, 4.69) is 0 Å². The molecule has 0 aliphatic rings. The smallest absolute Gasteiger partial charge is 0.335 e. The van der Waals surface area contributed by atoms with E-state index in [9.17, 15) is 9.59 Å². The van der Waals surface area contributed by atoms with Crippen LogP contribution in [0.2, 0.25) is 0 Å². The van der Waals surface area contributed by atoms with Gasteiger partial charge in [-0.2, -0.15) is 0 Å². The van der Waals surface area contributed by atoms with Crippen molar-refractivity contribution in [3.05, 3.63) is 34.9 Å². The van der Waals surface area contributed by atoms with Crippen molar-refractivity contribution in [3.63, 3.8) is 0 Å². The Kier molecular flexibility index (Phi) is 2.83. The lowest BCUT2D eigenvalue weighted by Crippen LogP contribution is -2.06. The van der Waals surface area contributed by atoms with E-state index in [-0.39, 0.29) is 17.7 Å². The van der Waals surface area contributed by atoms with Gasteiger partial charge in [-0.15, -0.1) is 0 Å². The zero-order valence-corrected chi connectivity index (χ0v) is 7.23. The summed E-state index contributed by atoms with van der Waals surface area (Å²) in [6, 6.07) is 3.81. The first-order valence-electron chi connectivity index (χ1n) is 3.85. The molecule has 5 nitrogen and oxygen atoms in total. The van der Waals surface area contributed by atoms with Crippen molar-refractivity contribution in [2.45, 2.75) is 6.54 Å². The number of carboxylic acids is 2. The van der Waals surface area contributed by atoms with Crippen LogP contribution in [0.4, 0.5) is 0 Å². The Labute approximate surface area is 79.8 Å². The Morgan fingerprint density at radius 1 is 1.07 bits per heavy atom. The molecule has 0 radical (unpaired) electrons. The number of benzene rings is 1. The molecule has 0 atom stereocenters. The van der Waals surface area contributed by atoms with E-state index >= 15 is 0 Å². The molecule has 0 unspecified atom stereocenters. The fraction of sp³-hybridized carbons (Fsp3) is 0.111. The molecule has 0 fully saturated rings. The summed E-state index contributed by atoms with van der Waals surface area (Å²) in [6.45, 7) is 0.113. The van der Waals surface area contributed by atoms with E-state index in [1.807, 2.05) is 0 Å². The average Bonchev–Trinajstić information content (AvgIpc) is 2.16. The predicted molar refractivity (Wildman–Crippen MR) is 48.3 cm³/mol. The van der Waals surface area contributed by atoms with Gasteiger partial charge in [-0.25, -0.2) is 9.59 Å². The van der Waals surface area contributed by atoms with E-state index in [4.69, 9.17) is 15.9 Å². The second-order valence-electron chi connectivity index (χ2n) is 2.73. The molecule has 0 aliphatic heterocycles. The van der Waals surface area contributed by atoms with Gasteiger partial charge in [-0.1, -0.05) is 0 Å². The van der Waals surface area contributed by atoms with Gasteiger partial charge < -0.3 is 15.9 Å². The molecule has 0 saturated carbocycles. The zero-order valence-electron chi connectivity index (χ0n) is 7.23. The maximum atomic E-state index is 10.6. The standard InChI is InChI=1S/C9H9NO4/c10-4-5-1-6(8(11)12)3-7(2-5)9(13)14/h1-3H,4,10H2,(H,11,12)(H,13,14). The second-order valence-corrected chi connectivity index (χ2v) is 2.73. The Morgan fingerprint density at radius 3 is 1.79 bits per heavy atom. The molecule has 0 aromatic heterocycles. The number of hydrogen-bond acceptors (Lipinski definition) is 3. The topological polar surface area (TPSA) is 101 Å². The van der Waals surface area contributed by atoms with Gasteiger partial charge in [0.25, 0.3) is 0 Å². The number of aromatic carboxylic acids is 2. The van der Waals surface area contributed by atoms with Crippen LogP contribution in [-0.2, 0) is 6.54 Å². The maximum Gasteiger partial charge on any atom is 0.335 e. The molecular formula is C9H9NO4. The molecule has 14 heavy (non-hydrogen) atoms. The molecule has 0 heterocycles. The van der Waals surface area contributed by atoms with Crippen LogP contribution in [0.5, 0.6) is 0 Å². The SMILES string of the molecule is NCc1cc(C(=O)O)cc(C(=O)O)c1. The molecule has 1 rings (SSSR count). The molecule has 1 aromatic rings. The highest BCUT2D eigenvalue weighted by Crippen LogP contribution is 2.10. The first-order chi connectivity index (χ1) is 6.54. The van der Waals surface area contributed by atoms with Crippen molar-refractivity contribution < 1.29 is 19.8 Å². The minimum absolute atomic E-state index is 0.0645. The summed E-state index contributed by atoms with van der Waals surface area (Å²) in [4.78, 5) is 21.2. The van der Waals surface area contributed by atoms with Crippen LogP contribution in [0.3, 0.4) is 0 Å². The Hall–Kier alpha value is -1.88. The molecule has 0 saturated heterocycles. The summed E-state index contributed by atoms with van der Waals surface area (Å²) < 4.78 is 0. The highest BCUT2D eigenvalue weighted by molar-refractivity contribution is 5.94. The highest BCUT2D eigenvalue weighted by atomic mass is 16.4. The molecule has 74 valence electrons. The minimum atomic E-state index is -1.16. The monoisotopic (exact) mass is 195 g/mol. The van der Waals surface area contributed by atoms with E-state index in [0.29, 0.717) is 5.56 Å². The molecular weight excluding hydrogens is 186 g/mol. The summed E-state index contributed by atoms with van der Waals surface area (Å²) in [5.74, 6) is -2.33. The number of nitrogens with two attached hydrogens (primary N) is 1. The minimum Gasteiger partial charge on any atom is -0.478 e. The first-order valence-corrected chi connectivity index (χ1v) is 3.85. The van der Waals surface area contributed by atoms with E-state index in [0.717, 1.165) is 6.07 Å². The maximum absolute atomic E-state index is 10.6. The summed E-state index contributed by atoms with van der Waals surface area (Å²) in [5.41, 5.74) is 5.66. The van der Waals surface area contributed by atoms with Crippen molar-refractivity contribution in [3.8, 4) is 0 Å². The molecule has 0 aliphatic carbocycles. The zero-order chi connectivity index (χ0) is 10.7. The predicted octanol–water partition coefficient (Wildman–Crippen LogP) is 0.542. The van der Waals surface area contributed by atoms with Crippen LogP contribution >= 0.6 is 0 Å². The van der Waals surface area contributed by atoms with Gasteiger partial charge in [0.05, 0.1) is 11.1 Å². The Bertz CT molecular complexity index is 354. The van der Waals surface area contributed by atoms with Gasteiger partial charge >= 0.3 is 11.9 Å². The van der Waals surface area contributed by atoms with Crippen molar-refractivity contribution in [1.29, 1.82) is 0 Å². The van der Waals surface area contributed by atoms with Crippen LogP contribution in [0.25, 0.3) is 0 Å². The number of carbonyl (C=O) groups is 2. The van der Waals surface area contributed by atoms with Crippen molar-refractivity contribution in [2.75, 3.05) is 0 Å². The van der Waals surface area contributed by atoms with Crippen molar-refractivity contribution in [1.82, 2.24) is 0 Å². The fourth-order valence-corrected chi connectivity index (χ4v) is 1.06.